The van der Waals surface area contributed by atoms with Crippen LogP contribution in [0, 0.1) is 11.7 Å². The molecule has 0 bridgehead atoms. The number of hydrogen-bond donors (Lipinski definition) is 0. The van der Waals surface area contributed by atoms with Crippen LogP contribution in [0.15, 0.2) is 18.2 Å². The van der Waals surface area contributed by atoms with Gasteiger partial charge in [-0.3, -0.25) is 0 Å². The van der Waals surface area contributed by atoms with Gasteiger partial charge in [-0.05, 0) is 55.7 Å². The van der Waals surface area contributed by atoms with Gasteiger partial charge in [0.25, 0.3) is 0 Å². The molecule has 1 aromatic rings. The Labute approximate surface area is 106 Å². The van der Waals surface area contributed by atoms with Crippen LogP contribution in [0.25, 0.3) is 0 Å². The molecule has 0 aliphatic heterocycles. The maximum Gasteiger partial charge on any atom is 0.124 e. The summed E-state index contributed by atoms with van der Waals surface area (Å²) in [6.07, 6.45) is 5.50. The van der Waals surface area contributed by atoms with E-state index >= 15 is 0 Å². The Bertz CT molecular complexity index is 361. The zero-order valence-electron chi connectivity index (χ0n) is 9.06. The third kappa shape index (κ3) is 3.36. The average molecular weight is 261 g/mol. The van der Waals surface area contributed by atoms with E-state index < -0.39 is 0 Å². The van der Waals surface area contributed by atoms with E-state index in [0.29, 0.717) is 10.4 Å². The minimum absolute atomic E-state index is 0.276. The summed E-state index contributed by atoms with van der Waals surface area (Å²) in [4.78, 5) is 0. The fraction of sp³-hybridized carbons (Fsp3) is 0.538. The first-order chi connectivity index (χ1) is 7.66. The minimum atomic E-state index is -0.276. The third-order valence-electron chi connectivity index (χ3n) is 3.07. The predicted molar refractivity (Wildman–Crippen MR) is 66.7 cm³/mol. The minimum Gasteiger partial charge on any atom is -0.207 e. The monoisotopic (exact) mass is 260 g/mol. The molecule has 88 valence electrons. The number of halogens is 3. The van der Waals surface area contributed by atoms with Crippen molar-refractivity contribution in [1.29, 1.82) is 0 Å². The number of benzene rings is 1. The molecule has 1 saturated carbocycles. The van der Waals surface area contributed by atoms with Gasteiger partial charge in [0.2, 0.25) is 0 Å². The molecule has 1 unspecified atom stereocenters. The first kappa shape index (κ1) is 12.2. The second-order valence-electron chi connectivity index (χ2n) is 4.48. The van der Waals surface area contributed by atoms with Crippen LogP contribution in [0.1, 0.15) is 31.2 Å². The first-order valence-electron chi connectivity index (χ1n) is 5.75. The van der Waals surface area contributed by atoms with E-state index in [1.165, 1.54) is 25.0 Å². The molecule has 16 heavy (non-hydrogen) atoms. The lowest BCUT2D eigenvalue weighted by Gasteiger charge is -2.08. The normalized spacial score (nSPS) is 17.4. The Hall–Kier alpha value is -0.270. The summed E-state index contributed by atoms with van der Waals surface area (Å²) in [5.41, 5.74) is 1.02. The highest BCUT2D eigenvalue weighted by Gasteiger charge is 2.28. The van der Waals surface area contributed by atoms with Crippen molar-refractivity contribution in [3.63, 3.8) is 0 Å². The lowest BCUT2D eigenvalue weighted by atomic mass is 10.1. The van der Waals surface area contributed by atoms with Crippen LogP contribution in [-0.4, -0.2) is 5.38 Å². The molecule has 2 rings (SSSR count). The highest BCUT2D eigenvalue weighted by atomic mass is 35.5. The van der Waals surface area contributed by atoms with E-state index in [9.17, 15) is 4.39 Å². The Morgan fingerprint density at radius 3 is 2.75 bits per heavy atom. The Morgan fingerprint density at radius 1 is 1.38 bits per heavy atom. The molecular formula is C13H15Cl2F. The molecule has 1 aliphatic rings. The largest absolute Gasteiger partial charge is 0.207 e. The third-order valence-corrected chi connectivity index (χ3v) is 4.00. The predicted octanol–water partition coefficient (Wildman–Crippen LogP) is 4.82. The van der Waals surface area contributed by atoms with Gasteiger partial charge in [0, 0.05) is 10.4 Å². The molecule has 1 aliphatic carbocycles. The molecule has 0 amide bonds. The second-order valence-corrected chi connectivity index (χ2v) is 5.45. The van der Waals surface area contributed by atoms with Gasteiger partial charge in [-0.15, -0.1) is 11.6 Å². The molecule has 1 atom stereocenters. The molecule has 1 fully saturated rings. The number of alkyl halides is 1. The van der Waals surface area contributed by atoms with Crippen molar-refractivity contribution < 1.29 is 4.39 Å². The van der Waals surface area contributed by atoms with Crippen molar-refractivity contribution in [2.45, 2.75) is 37.5 Å². The highest BCUT2D eigenvalue weighted by Crippen LogP contribution is 2.37. The lowest BCUT2D eigenvalue weighted by molar-refractivity contribution is 0.622. The maximum absolute atomic E-state index is 12.8. The van der Waals surface area contributed by atoms with E-state index in [2.05, 4.69) is 0 Å². The fourth-order valence-electron chi connectivity index (χ4n) is 1.91. The summed E-state index contributed by atoms with van der Waals surface area (Å²) in [6.45, 7) is 0. The number of aryl methyl sites for hydroxylation is 1. The fourth-order valence-corrected chi connectivity index (χ4v) is 2.57. The summed E-state index contributed by atoms with van der Waals surface area (Å²) in [5, 5.41) is 0.844. The molecule has 0 aromatic heterocycles. The molecular weight excluding hydrogens is 246 g/mol. The zero-order valence-corrected chi connectivity index (χ0v) is 10.6. The quantitative estimate of drug-likeness (QED) is 0.666. The van der Waals surface area contributed by atoms with Crippen LogP contribution in [0.4, 0.5) is 4.39 Å². The van der Waals surface area contributed by atoms with Crippen LogP contribution >= 0.6 is 23.2 Å². The molecule has 0 spiro atoms. The van der Waals surface area contributed by atoms with Crippen molar-refractivity contribution in [3.05, 3.63) is 34.6 Å². The van der Waals surface area contributed by atoms with Crippen molar-refractivity contribution in [2.24, 2.45) is 5.92 Å². The van der Waals surface area contributed by atoms with Gasteiger partial charge >= 0.3 is 0 Å². The van der Waals surface area contributed by atoms with Crippen molar-refractivity contribution in [3.8, 4) is 0 Å². The lowest BCUT2D eigenvalue weighted by Crippen LogP contribution is -2.01. The number of rotatable bonds is 5. The van der Waals surface area contributed by atoms with Gasteiger partial charge < -0.3 is 0 Å². The molecule has 0 N–H and O–H groups in total. The molecule has 0 radical (unpaired) electrons. The van der Waals surface area contributed by atoms with Crippen LogP contribution < -0.4 is 0 Å². The topological polar surface area (TPSA) is 0 Å². The van der Waals surface area contributed by atoms with Crippen molar-refractivity contribution in [1.82, 2.24) is 0 Å². The smallest absolute Gasteiger partial charge is 0.124 e. The van der Waals surface area contributed by atoms with Gasteiger partial charge in [-0.25, -0.2) is 4.39 Å². The van der Waals surface area contributed by atoms with Crippen LogP contribution in [-0.2, 0) is 6.42 Å². The molecule has 0 nitrogen and oxygen atoms in total. The van der Waals surface area contributed by atoms with Crippen LogP contribution in [0.5, 0.6) is 0 Å². The van der Waals surface area contributed by atoms with Gasteiger partial charge in [-0.1, -0.05) is 17.7 Å². The first-order valence-corrected chi connectivity index (χ1v) is 6.56. The second kappa shape index (κ2) is 5.37. The maximum atomic E-state index is 12.8. The Balaban J connectivity index is 1.80. The highest BCUT2D eigenvalue weighted by molar-refractivity contribution is 6.31. The average Bonchev–Trinajstić information content (AvgIpc) is 3.04. The van der Waals surface area contributed by atoms with E-state index in [-0.39, 0.29) is 5.82 Å². The SMILES string of the molecule is Fc1ccc(CCCC(Cl)C2CC2)c(Cl)c1. The van der Waals surface area contributed by atoms with Crippen molar-refractivity contribution in [2.75, 3.05) is 0 Å². The van der Waals surface area contributed by atoms with E-state index in [0.717, 1.165) is 30.7 Å². The van der Waals surface area contributed by atoms with Gasteiger partial charge in [0.15, 0.2) is 0 Å². The summed E-state index contributed by atoms with van der Waals surface area (Å²) < 4.78 is 12.8. The van der Waals surface area contributed by atoms with Gasteiger partial charge in [-0.2, -0.15) is 0 Å². The zero-order chi connectivity index (χ0) is 11.5. The van der Waals surface area contributed by atoms with Gasteiger partial charge in [0.05, 0.1) is 0 Å². The Morgan fingerprint density at radius 2 is 2.12 bits per heavy atom. The summed E-state index contributed by atoms with van der Waals surface area (Å²) in [7, 11) is 0. The standard InChI is InChI=1S/C13H15Cl2F/c14-12(10-4-5-10)3-1-2-9-6-7-11(16)8-13(9)15/h6-8,10,12H,1-5H2. The molecule has 0 heterocycles. The van der Waals surface area contributed by atoms with Crippen molar-refractivity contribution >= 4 is 23.2 Å². The van der Waals surface area contributed by atoms with E-state index in [4.69, 9.17) is 23.2 Å². The Kier molecular flexibility index (Phi) is 4.10. The van der Waals surface area contributed by atoms with E-state index in [1.807, 2.05) is 0 Å². The molecule has 0 saturated heterocycles. The summed E-state index contributed by atoms with van der Waals surface area (Å²) in [6, 6.07) is 4.59. The summed E-state index contributed by atoms with van der Waals surface area (Å²) >= 11 is 12.2. The number of hydrogen-bond acceptors (Lipinski definition) is 0. The van der Waals surface area contributed by atoms with E-state index in [1.54, 1.807) is 6.07 Å². The van der Waals surface area contributed by atoms with Crippen LogP contribution in [0.3, 0.4) is 0 Å². The molecule has 1 aromatic carbocycles. The molecule has 3 heteroatoms. The van der Waals surface area contributed by atoms with Crippen LogP contribution in [0.2, 0.25) is 5.02 Å². The van der Waals surface area contributed by atoms with Gasteiger partial charge in [0.1, 0.15) is 5.82 Å². The summed E-state index contributed by atoms with van der Waals surface area (Å²) in [5.74, 6) is 0.465.